The lowest BCUT2D eigenvalue weighted by atomic mass is 10.1. The van der Waals surface area contributed by atoms with Crippen molar-refractivity contribution in [2.24, 2.45) is 0 Å². The summed E-state index contributed by atoms with van der Waals surface area (Å²) in [6, 6.07) is 0. The average Bonchev–Trinajstić information content (AvgIpc) is 2.26. The predicted molar refractivity (Wildman–Crippen MR) is 68.5 cm³/mol. The number of carbonyl (C=O) groups is 1. The summed E-state index contributed by atoms with van der Waals surface area (Å²) in [5.74, 6) is -0.464. The summed E-state index contributed by atoms with van der Waals surface area (Å²) in [5, 5.41) is 0.146. The second-order valence-electron chi connectivity index (χ2n) is 3.79. The van der Waals surface area contributed by atoms with Gasteiger partial charge in [0.05, 0.1) is 12.2 Å². The molecule has 0 aromatic heterocycles. The predicted octanol–water partition coefficient (Wildman–Crippen LogP) is 4.20. The zero-order valence-corrected chi connectivity index (χ0v) is 10.8. The van der Waals surface area contributed by atoms with Crippen LogP contribution in [0.15, 0.2) is 23.8 Å². The summed E-state index contributed by atoms with van der Waals surface area (Å²) >= 11 is 5.53. The molecule has 0 fully saturated rings. The fraction of sp³-hybridized carbons (Fsp3) is 0.615. The van der Waals surface area contributed by atoms with Crippen molar-refractivity contribution in [1.29, 1.82) is 0 Å². The Bertz CT molecular complexity index is 246. The van der Waals surface area contributed by atoms with E-state index in [1.54, 1.807) is 0 Å². The summed E-state index contributed by atoms with van der Waals surface area (Å²) < 4.78 is 4.99. The smallest absolute Gasteiger partial charge is 0.339 e. The van der Waals surface area contributed by atoms with Gasteiger partial charge in [-0.25, -0.2) is 4.79 Å². The molecule has 0 saturated heterocycles. The lowest BCUT2D eigenvalue weighted by molar-refractivity contribution is -0.138. The van der Waals surface area contributed by atoms with Gasteiger partial charge in [-0.1, -0.05) is 63.8 Å². The number of esters is 1. The molecule has 0 saturated carbocycles. The molecule has 2 nitrogen and oxygen atoms in total. The quantitative estimate of drug-likeness (QED) is 0.263. The topological polar surface area (TPSA) is 26.3 Å². The Morgan fingerprint density at radius 1 is 1.12 bits per heavy atom. The maximum absolute atomic E-state index is 11.3. The molecule has 0 aliphatic rings. The van der Waals surface area contributed by atoms with E-state index < -0.39 is 5.97 Å². The average molecular weight is 245 g/mol. The highest BCUT2D eigenvalue weighted by molar-refractivity contribution is 6.34. The molecular weight excluding hydrogens is 224 g/mol. The molecule has 0 spiro atoms. The van der Waals surface area contributed by atoms with E-state index in [1.165, 1.54) is 25.7 Å². The van der Waals surface area contributed by atoms with Gasteiger partial charge in [-0.2, -0.15) is 0 Å². The zero-order valence-electron chi connectivity index (χ0n) is 10.1. The van der Waals surface area contributed by atoms with Crippen LogP contribution in [0.3, 0.4) is 0 Å². The minimum absolute atomic E-state index is 0.146. The first-order valence-electron chi connectivity index (χ1n) is 5.80. The van der Waals surface area contributed by atoms with Gasteiger partial charge >= 0.3 is 5.97 Å². The molecular formula is C13H21ClO2. The number of carbonyl (C=O) groups excluding carboxylic acids is 1. The molecule has 0 aliphatic heterocycles. The fourth-order valence-electron chi connectivity index (χ4n) is 1.25. The summed E-state index contributed by atoms with van der Waals surface area (Å²) in [6.07, 6.45) is 6.98. The van der Waals surface area contributed by atoms with Crippen LogP contribution in [-0.2, 0) is 9.53 Å². The Morgan fingerprint density at radius 2 is 1.69 bits per heavy atom. The van der Waals surface area contributed by atoms with E-state index in [0.717, 1.165) is 12.8 Å². The second kappa shape index (κ2) is 9.46. The molecule has 0 aromatic rings. The Kier molecular flexibility index (Phi) is 9.02. The fourth-order valence-corrected chi connectivity index (χ4v) is 1.32. The minimum atomic E-state index is -0.464. The lowest BCUT2D eigenvalue weighted by Crippen LogP contribution is -2.08. The van der Waals surface area contributed by atoms with Gasteiger partial charge in [-0.05, 0) is 6.42 Å². The van der Waals surface area contributed by atoms with Crippen LogP contribution in [0.2, 0.25) is 0 Å². The number of rotatable bonds is 9. The third kappa shape index (κ3) is 7.52. The van der Waals surface area contributed by atoms with Crippen molar-refractivity contribution in [3.05, 3.63) is 23.8 Å². The van der Waals surface area contributed by atoms with Crippen molar-refractivity contribution in [2.45, 2.75) is 45.4 Å². The van der Waals surface area contributed by atoms with Gasteiger partial charge < -0.3 is 4.74 Å². The van der Waals surface area contributed by atoms with Gasteiger partial charge in [0.1, 0.15) is 0 Å². The Labute approximate surface area is 103 Å². The lowest BCUT2D eigenvalue weighted by Gasteiger charge is -2.05. The molecule has 3 heteroatoms. The van der Waals surface area contributed by atoms with Gasteiger partial charge in [0.25, 0.3) is 0 Å². The van der Waals surface area contributed by atoms with Crippen LogP contribution in [0.1, 0.15) is 45.4 Å². The summed E-state index contributed by atoms with van der Waals surface area (Å²) in [5.41, 5.74) is 0.146. The molecule has 0 radical (unpaired) electrons. The number of ether oxygens (including phenoxy) is 1. The first-order chi connectivity index (χ1) is 7.59. The maximum Gasteiger partial charge on any atom is 0.339 e. The normalized spacial score (nSPS) is 9.88. The molecule has 16 heavy (non-hydrogen) atoms. The van der Waals surface area contributed by atoms with E-state index in [1.807, 2.05) is 0 Å². The largest absolute Gasteiger partial charge is 0.462 e. The van der Waals surface area contributed by atoms with Crippen LogP contribution in [0.25, 0.3) is 0 Å². The highest BCUT2D eigenvalue weighted by Crippen LogP contribution is 2.12. The first kappa shape index (κ1) is 15.2. The highest BCUT2D eigenvalue weighted by Gasteiger charge is 2.09. The third-order valence-electron chi connectivity index (χ3n) is 2.30. The SMILES string of the molecule is C=C(Cl)C(=C)C(=O)OCCCCCCCC. The number of hydrogen-bond acceptors (Lipinski definition) is 2. The molecule has 0 rings (SSSR count). The monoisotopic (exact) mass is 244 g/mol. The van der Waals surface area contributed by atoms with Crippen molar-refractivity contribution in [1.82, 2.24) is 0 Å². The molecule has 0 heterocycles. The number of unbranched alkanes of at least 4 members (excludes halogenated alkanes) is 5. The molecule has 0 amide bonds. The Hall–Kier alpha value is -0.760. The van der Waals surface area contributed by atoms with Crippen molar-refractivity contribution < 1.29 is 9.53 Å². The standard InChI is InChI=1S/C13H21ClO2/c1-4-5-6-7-8-9-10-16-13(15)11(2)12(3)14/h2-10H2,1H3. The minimum Gasteiger partial charge on any atom is -0.462 e. The van der Waals surface area contributed by atoms with Gasteiger partial charge in [0.15, 0.2) is 0 Å². The number of halogens is 1. The Balaban J connectivity index is 3.42. The second-order valence-corrected chi connectivity index (χ2v) is 4.24. The van der Waals surface area contributed by atoms with Gasteiger partial charge in [0, 0.05) is 5.03 Å². The molecule has 0 aliphatic carbocycles. The van der Waals surface area contributed by atoms with Crippen LogP contribution in [0.5, 0.6) is 0 Å². The van der Waals surface area contributed by atoms with E-state index in [4.69, 9.17) is 16.3 Å². The van der Waals surface area contributed by atoms with Crippen molar-refractivity contribution in [3.63, 3.8) is 0 Å². The van der Waals surface area contributed by atoms with Gasteiger partial charge in [-0.3, -0.25) is 0 Å². The molecule has 0 unspecified atom stereocenters. The van der Waals surface area contributed by atoms with E-state index in [2.05, 4.69) is 20.1 Å². The summed E-state index contributed by atoms with van der Waals surface area (Å²) in [6.45, 7) is 9.53. The first-order valence-corrected chi connectivity index (χ1v) is 6.18. The van der Waals surface area contributed by atoms with Crippen molar-refractivity contribution >= 4 is 17.6 Å². The molecule has 0 bridgehead atoms. The van der Waals surface area contributed by atoms with Gasteiger partial charge in [0.2, 0.25) is 0 Å². The van der Waals surface area contributed by atoms with Crippen molar-refractivity contribution in [3.8, 4) is 0 Å². The molecule has 0 N–H and O–H groups in total. The summed E-state index contributed by atoms with van der Waals surface area (Å²) in [4.78, 5) is 11.3. The molecule has 0 atom stereocenters. The third-order valence-corrected chi connectivity index (χ3v) is 2.53. The number of hydrogen-bond donors (Lipinski definition) is 0. The molecule has 0 aromatic carbocycles. The van der Waals surface area contributed by atoms with Gasteiger partial charge in [-0.15, -0.1) is 0 Å². The van der Waals surface area contributed by atoms with E-state index >= 15 is 0 Å². The Morgan fingerprint density at radius 3 is 2.25 bits per heavy atom. The van der Waals surface area contributed by atoms with E-state index in [9.17, 15) is 4.79 Å². The van der Waals surface area contributed by atoms with Crippen LogP contribution in [-0.4, -0.2) is 12.6 Å². The summed E-state index contributed by atoms with van der Waals surface area (Å²) in [7, 11) is 0. The molecule has 92 valence electrons. The van der Waals surface area contributed by atoms with E-state index in [-0.39, 0.29) is 10.6 Å². The van der Waals surface area contributed by atoms with Crippen molar-refractivity contribution in [2.75, 3.05) is 6.61 Å². The maximum atomic E-state index is 11.3. The zero-order chi connectivity index (χ0) is 12.4. The van der Waals surface area contributed by atoms with Crippen LogP contribution in [0, 0.1) is 0 Å². The van der Waals surface area contributed by atoms with Crippen LogP contribution >= 0.6 is 11.6 Å². The van der Waals surface area contributed by atoms with Crippen LogP contribution < -0.4 is 0 Å². The van der Waals surface area contributed by atoms with Crippen LogP contribution in [0.4, 0.5) is 0 Å². The highest BCUT2D eigenvalue weighted by atomic mass is 35.5. The van der Waals surface area contributed by atoms with E-state index in [0.29, 0.717) is 6.61 Å².